The van der Waals surface area contributed by atoms with Gasteiger partial charge in [0.15, 0.2) is 0 Å². The summed E-state index contributed by atoms with van der Waals surface area (Å²) < 4.78 is 12.7. The second-order valence-corrected chi connectivity index (χ2v) is 3.21. The van der Waals surface area contributed by atoms with Crippen molar-refractivity contribution in [3.8, 4) is 0 Å². The van der Waals surface area contributed by atoms with Crippen LogP contribution in [-0.4, -0.2) is 11.1 Å². The minimum absolute atomic E-state index is 0.0167. The van der Waals surface area contributed by atoms with E-state index in [4.69, 9.17) is 16.7 Å². The van der Waals surface area contributed by atoms with Crippen LogP contribution in [0.25, 0.3) is 6.08 Å². The van der Waals surface area contributed by atoms with Crippen LogP contribution < -0.4 is 0 Å². The summed E-state index contributed by atoms with van der Waals surface area (Å²) >= 11 is 5.53. The van der Waals surface area contributed by atoms with Crippen LogP contribution in [0.1, 0.15) is 12.5 Å². The fourth-order valence-corrected chi connectivity index (χ4v) is 1.10. The lowest BCUT2D eigenvalue weighted by Crippen LogP contribution is -1.95. The smallest absolute Gasteiger partial charge is 0.331 e. The van der Waals surface area contributed by atoms with Crippen LogP contribution in [0.3, 0.4) is 0 Å². The monoisotopic (exact) mass is 214 g/mol. The molecule has 0 heterocycles. The molecule has 4 heteroatoms. The Balaban J connectivity index is 3.04. The van der Waals surface area contributed by atoms with Gasteiger partial charge in [-0.05, 0) is 30.7 Å². The summed E-state index contributed by atoms with van der Waals surface area (Å²) in [5.74, 6) is -1.53. The molecule has 0 aliphatic heterocycles. The Labute approximate surface area is 85.6 Å². The first-order chi connectivity index (χ1) is 6.50. The molecule has 0 bridgehead atoms. The largest absolute Gasteiger partial charge is 0.478 e. The number of hydrogen-bond donors (Lipinski definition) is 1. The van der Waals surface area contributed by atoms with Gasteiger partial charge in [-0.3, -0.25) is 0 Å². The highest BCUT2D eigenvalue weighted by Gasteiger charge is 2.02. The molecule has 1 aromatic rings. The zero-order valence-corrected chi connectivity index (χ0v) is 8.18. The molecule has 2 nitrogen and oxygen atoms in total. The highest BCUT2D eigenvalue weighted by Crippen LogP contribution is 2.17. The number of carbonyl (C=O) groups is 1. The number of carboxylic acid groups (broad SMARTS) is 1. The Bertz CT molecular complexity index is 399. The number of aliphatic carboxylic acids is 1. The van der Waals surface area contributed by atoms with Gasteiger partial charge < -0.3 is 5.11 Å². The molecule has 0 fully saturated rings. The van der Waals surface area contributed by atoms with Crippen LogP contribution in [0.5, 0.6) is 0 Å². The summed E-state index contributed by atoms with van der Waals surface area (Å²) in [4.78, 5) is 10.5. The maximum absolute atomic E-state index is 12.7. The molecule has 0 unspecified atom stereocenters. The number of rotatable bonds is 2. The van der Waals surface area contributed by atoms with Crippen LogP contribution in [0.2, 0.25) is 5.02 Å². The Hall–Kier alpha value is -1.35. The fraction of sp³-hybridized carbons (Fsp3) is 0.100. The average Bonchev–Trinajstić information content (AvgIpc) is 2.11. The van der Waals surface area contributed by atoms with Crippen LogP contribution in [0.15, 0.2) is 23.8 Å². The highest BCUT2D eigenvalue weighted by molar-refractivity contribution is 6.30. The lowest BCUT2D eigenvalue weighted by atomic mass is 10.1. The van der Waals surface area contributed by atoms with E-state index < -0.39 is 11.8 Å². The zero-order valence-electron chi connectivity index (χ0n) is 7.42. The second kappa shape index (κ2) is 4.24. The van der Waals surface area contributed by atoms with Gasteiger partial charge in [0.05, 0.1) is 5.02 Å². The molecule has 0 aliphatic rings. The summed E-state index contributed by atoms with van der Waals surface area (Å²) in [5.41, 5.74) is 0.740. The topological polar surface area (TPSA) is 37.3 Å². The third-order valence-corrected chi connectivity index (χ3v) is 1.95. The fourth-order valence-electron chi connectivity index (χ4n) is 0.914. The van der Waals surface area contributed by atoms with Gasteiger partial charge in [0, 0.05) is 5.57 Å². The van der Waals surface area contributed by atoms with Crippen molar-refractivity contribution in [2.75, 3.05) is 0 Å². The molecule has 1 N–H and O–H groups in total. The van der Waals surface area contributed by atoms with Crippen molar-refractivity contribution < 1.29 is 14.3 Å². The highest BCUT2D eigenvalue weighted by atomic mass is 35.5. The first-order valence-electron chi connectivity index (χ1n) is 3.87. The van der Waals surface area contributed by atoms with Crippen LogP contribution in [0, 0.1) is 5.82 Å². The normalized spacial score (nSPS) is 11.5. The number of benzene rings is 1. The molecule has 0 amide bonds. The quantitative estimate of drug-likeness (QED) is 0.769. The van der Waals surface area contributed by atoms with Crippen molar-refractivity contribution in [3.05, 3.63) is 40.2 Å². The summed E-state index contributed by atoms with van der Waals surface area (Å²) in [6, 6.07) is 4.04. The molecule has 0 spiro atoms. The van der Waals surface area contributed by atoms with Gasteiger partial charge in [-0.25, -0.2) is 9.18 Å². The Morgan fingerprint density at radius 3 is 2.71 bits per heavy atom. The molecule has 14 heavy (non-hydrogen) atoms. The van der Waals surface area contributed by atoms with E-state index in [0.717, 1.165) is 0 Å². The lowest BCUT2D eigenvalue weighted by molar-refractivity contribution is -0.132. The lowest BCUT2D eigenvalue weighted by Gasteiger charge is -1.97. The Morgan fingerprint density at radius 1 is 1.57 bits per heavy atom. The molecule has 0 aliphatic carbocycles. The first-order valence-corrected chi connectivity index (χ1v) is 4.25. The average molecular weight is 215 g/mol. The molecule has 0 saturated carbocycles. The Morgan fingerprint density at radius 2 is 2.21 bits per heavy atom. The maximum Gasteiger partial charge on any atom is 0.331 e. The molecule has 0 radical (unpaired) electrons. The maximum atomic E-state index is 12.7. The molecule has 0 saturated heterocycles. The first kappa shape index (κ1) is 10.7. The van der Waals surface area contributed by atoms with E-state index in [0.29, 0.717) is 5.56 Å². The minimum Gasteiger partial charge on any atom is -0.478 e. The van der Waals surface area contributed by atoms with Crippen molar-refractivity contribution in [2.45, 2.75) is 6.92 Å². The molecule has 1 aromatic carbocycles. The number of carboxylic acids is 1. The van der Waals surface area contributed by atoms with Crippen molar-refractivity contribution in [1.82, 2.24) is 0 Å². The molecule has 74 valence electrons. The van der Waals surface area contributed by atoms with E-state index in [1.54, 1.807) is 0 Å². The molecule has 0 aromatic heterocycles. The predicted octanol–water partition coefficient (Wildman–Crippen LogP) is 2.97. The number of hydrogen-bond acceptors (Lipinski definition) is 1. The van der Waals surface area contributed by atoms with Gasteiger partial charge in [0.2, 0.25) is 0 Å². The van der Waals surface area contributed by atoms with E-state index >= 15 is 0 Å². The summed E-state index contributed by atoms with van der Waals surface area (Å²) in [5, 5.41) is 8.58. The van der Waals surface area contributed by atoms with Crippen LogP contribution in [-0.2, 0) is 4.79 Å². The van der Waals surface area contributed by atoms with Gasteiger partial charge in [-0.1, -0.05) is 17.7 Å². The second-order valence-electron chi connectivity index (χ2n) is 2.81. The van der Waals surface area contributed by atoms with Crippen molar-refractivity contribution in [1.29, 1.82) is 0 Å². The molecule has 0 atom stereocenters. The van der Waals surface area contributed by atoms with Gasteiger partial charge >= 0.3 is 5.97 Å². The van der Waals surface area contributed by atoms with Crippen molar-refractivity contribution in [2.24, 2.45) is 0 Å². The van der Waals surface area contributed by atoms with Gasteiger partial charge in [-0.15, -0.1) is 0 Å². The standard InChI is InChI=1S/C10H8ClFO2/c1-6(10(13)14)4-7-2-3-9(12)8(11)5-7/h2-5H,1H3,(H,13,14)/b6-4-. The van der Waals surface area contributed by atoms with E-state index in [1.807, 2.05) is 0 Å². The van der Waals surface area contributed by atoms with Crippen molar-refractivity contribution in [3.63, 3.8) is 0 Å². The molecule has 1 rings (SSSR count). The van der Waals surface area contributed by atoms with Crippen molar-refractivity contribution >= 4 is 23.6 Å². The van der Waals surface area contributed by atoms with Gasteiger partial charge in [0.1, 0.15) is 5.82 Å². The summed E-state index contributed by atoms with van der Waals surface area (Å²) in [7, 11) is 0. The zero-order chi connectivity index (χ0) is 10.7. The van der Waals surface area contributed by atoms with Gasteiger partial charge in [-0.2, -0.15) is 0 Å². The third kappa shape index (κ3) is 2.57. The van der Waals surface area contributed by atoms with Crippen LogP contribution >= 0.6 is 11.6 Å². The van der Waals surface area contributed by atoms with Crippen LogP contribution in [0.4, 0.5) is 4.39 Å². The Kier molecular flexibility index (Phi) is 3.25. The van der Waals surface area contributed by atoms with E-state index in [2.05, 4.69) is 0 Å². The summed E-state index contributed by atoms with van der Waals surface area (Å²) in [6.07, 6.45) is 1.42. The third-order valence-electron chi connectivity index (χ3n) is 1.66. The van der Waals surface area contributed by atoms with E-state index in [9.17, 15) is 9.18 Å². The SMILES string of the molecule is C/C(=C/c1ccc(F)c(Cl)c1)C(=O)O. The predicted molar refractivity (Wildman–Crippen MR) is 52.7 cm³/mol. The molecular weight excluding hydrogens is 207 g/mol. The summed E-state index contributed by atoms with van der Waals surface area (Å²) in [6.45, 7) is 1.46. The minimum atomic E-state index is -1.01. The number of halogens is 2. The van der Waals surface area contributed by atoms with Gasteiger partial charge in [0.25, 0.3) is 0 Å². The molecular formula is C10H8ClFO2. The van der Waals surface area contributed by atoms with E-state index in [1.165, 1.54) is 31.2 Å². The van der Waals surface area contributed by atoms with E-state index in [-0.39, 0.29) is 10.6 Å².